The molecule has 0 fully saturated rings. The molecule has 0 aliphatic rings. The van der Waals surface area contributed by atoms with Crippen LogP contribution in [0.1, 0.15) is 12.0 Å². The summed E-state index contributed by atoms with van der Waals surface area (Å²) in [7, 11) is -6.02. The van der Waals surface area contributed by atoms with Crippen molar-refractivity contribution < 1.29 is 21.6 Å². The number of carbonyl (C=O) groups is 1. The minimum Gasteiger partial charge on any atom is -0.326 e. The van der Waals surface area contributed by atoms with E-state index in [0.717, 1.165) is 5.56 Å². The zero-order chi connectivity index (χ0) is 20.1. The van der Waals surface area contributed by atoms with Crippen molar-refractivity contribution in [1.29, 1.82) is 0 Å². The first-order valence-corrected chi connectivity index (χ1v) is 11.0. The van der Waals surface area contributed by atoms with Gasteiger partial charge in [0.15, 0.2) is 0 Å². The second kappa shape index (κ2) is 8.61. The number of carbonyl (C=O) groups excluding carboxylic acids is 1. The van der Waals surface area contributed by atoms with Gasteiger partial charge < -0.3 is 5.32 Å². The number of amides is 1. The van der Waals surface area contributed by atoms with Gasteiger partial charge in [-0.1, -0.05) is 23.8 Å². The van der Waals surface area contributed by atoms with Gasteiger partial charge in [0.2, 0.25) is 26.0 Å². The smallest absolute Gasteiger partial charge is 0.240 e. The Bertz CT molecular complexity index is 1020. The van der Waals surface area contributed by atoms with Crippen molar-refractivity contribution in [3.8, 4) is 0 Å². The molecule has 0 aliphatic heterocycles. The molecule has 8 nitrogen and oxygen atoms in total. The molecule has 0 spiro atoms. The predicted molar refractivity (Wildman–Crippen MR) is 102 cm³/mol. The number of sulfonamides is 2. The van der Waals surface area contributed by atoms with E-state index in [2.05, 4.69) is 14.8 Å². The molecule has 0 atom stereocenters. The highest BCUT2D eigenvalue weighted by Crippen LogP contribution is 2.15. The first-order valence-electron chi connectivity index (χ1n) is 8.04. The van der Waals surface area contributed by atoms with Crippen molar-refractivity contribution in [2.45, 2.75) is 23.1 Å². The van der Waals surface area contributed by atoms with Crippen molar-refractivity contribution in [2.75, 3.05) is 18.9 Å². The highest BCUT2D eigenvalue weighted by atomic mass is 32.2. The summed E-state index contributed by atoms with van der Waals surface area (Å²) >= 11 is 0. The number of hydrogen-bond donors (Lipinski definition) is 3. The molecule has 0 radical (unpaired) electrons. The normalized spacial score (nSPS) is 11.9. The highest BCUT2D eigenvalue weighted by Gasteiger charge is 2.15. The molecule has 2 rings (SSSR count). The fraction of sp³-hybridized carbons (Fsp3) is 0.235. The molecule has 2 aromatic rings. The Kier molecular flexibility index (Phi) is 6.71. The Morgan fingerprint density at radius 3 is 2.22 bits per heavy atom. The van der Waals surface area contributed by atoms with E-state index in [0.29, 0.717) is 5.69 Å². The second-order valence-electron chi connectivity index (χ2n) is 5.74. The topological polar surface area (TPSA) is 121 Å². The van der Waals surface area contributed by atoms with E-state index in [9.17, 15) is 21.6 Å². The van der Waals surface area contributed by atoms with E-state index in [-0.39, 0.29) is 22.8 Å². The van der Waals surface area contributed by atoms with Gasteiger partial charge in [0.1, 0.15) is 0 Å². The van der Waals surface area contributed by atoms with Crippen molar-refractivity contribution in [3.63, 3.8) is 0 Å². The number of rotatable bonds is 8. The molecule has 10 heteroatoms. The Balaban J connectivity index is 1.93. The SMILES string of the molecule is CNS(=O)(=O)c1cccc(NC(=O)CCNS(=O)(=O)c2ccc(C)cc2)c1. The van der Waals surface area contributed by atoms with E-state index in [1.54, 1.807) is 18.2 Å². The van der Waals surface area contributed by atoms with Gasteiger partial charge >= 0.3 is 0 Å². The Morgan fingerprint density at radius 1 is 0.926 bits per heavy atom. The lowest BCUT2D eigenvalue weighted by Crippen LogP contribution is -2.28. The predicted octanol–water partition coefficient (Wildman–Crippen LogP) is 1.21. The summed E-state index contributed by atoms with van der Waals surface area (Å²) in [6.07, 6.45) is -0.103. The molecule has 0 saturated heterocycles. The van der Waals surface area contributed by atoms with Crippen molar-refractivity contribution in [3.05, 3.63) is 54.1 Å². The second-order valence-corrected chi connectivity index (χ2v) is 9.40. The van der Waals surface area contributed by atoms with Gasteiger partial charge in [-0.15, -0.1) is 0 Å². The fourth-order valence-electron chi connectivity index (χ4n) is 2.18. The number of aryl methyl sites for hydroxylation is 1. The van der Waals surface area contributed by atoms with Crippen molar-refractivity contribution in [2.24, 2.45) is 0 Å². The standard InChI is InChI=1S/C17H21N3O5S2/c1-13-6-8-15(9-7-13)27(24,25)19-11-10-17(21)20-14-4-3-5-16(12-14)26(22,23)18-2/h3-9,12,18-19H,10-11H2,1-2H3,(H,20,21). The summed E-state index contributed by atoms with van der Waals surface area (Å²) in [4.78, 5) is 12.1. The van der Waals surface area contributed by atoms with Gasteiger partial charge in [0, 0.05) is 18.7 Å². The largest absolute Gasteiger partial charge is 0.326 e. The summed E-state index contributed by atoms with van der Waals surface area (Å²) in [5.74, 6) is -0.444. The molecular weight excluding hydrogens is 390 g/mol. The molecule has 1 amide bonds. The van der Waals surface area contributed by atoms with Gasteiger partial charge in [-0.05, 0) is 44.3 Å². The number of nitrogens with one attached hydrogen (secondary N) is 3. The first-order chi connectivity index (χ1) is 12.6. The van der Waals surface area contributed by atoms with Crippen molar-refractivity contribution in [1.82, 2.24) is 9.44 Å². The van der Waals surface area contributed by atoms with E-state index >= 15 is 0 Å². The van der Waals surface area contributed by atoms with Crippen molar-refractivity contribution >= 4 is 31.6 Å². The van der Waals surface area contributed by atoms with Crippen LogP contribution in [-0.4, -0.2) is 36.3 Å². The maximum absolute atomic E-state index is 12.2. The molecule has 27 heavy (non-hydrogen) atoms. The summed E-state index contributed by atoms with van der Waals surface area (Å²) in [5.41, 5.74) is 1.24. The Labute approximate surface area is 159 Å². The van der Waals surface area contributed by atoms with Gasteiger partial charge in [0.25, 0.3) is 0 Å². The van der Waals surface area contributed by atoms with E-state index in [4.69, 9.17) is 0 Å². The van der Waals surface area contributed by atoms with Crippen LogP contribution in [0.4, 0.5) is 5.69 Å². The quantitative estimate of drug-likeness (QED) is 0.603. The third-order valence-corrected chi connectivity index (χ3v) is 6.56. The monoisotopic (exact) mass is 411 g/mol. The van der Waals surface area contributed by atoms with Gasteiger partial charge in [-0.3, -0.25) is 4.79 Å². The highest BCUT2D eigenvalue weighted by molar-refractivity contribution is 7.89. The van der Waals surface area contributed by atoms with Crippen LogP contribution in [0.15, 0.2) is 58.3 Å². The lowest BCUT2D eigenvalue weighted by atomic mass is 10.2. The average molecular weight is 412 g/mol. The minimum absolute atomic E-state index is 0.0165. The van der Waals surface area contributed by atoms with Gasteiger partial charge in [0.05, 0.1) is 9.79 Å². The maximum Gasteiger partial charge on any atom is 0.240 e. The average Bonchev–Trinajstić information content (AvgIpc) is 2.62. The summed E-state index contributed by atoms with van der Waals surface area (Å²) in [6.45, 7) is 1.77. The van der Waals surface area contributed by atoms with Gasteiger partial charge in [-0.25, -0.2) is 26.3 Å². The van der Waals surface area contributed by atoms with Gasteiger partial charge in [-0.2, -0.15) is 0 Å². The number of anilines is 1. The van der Waals surface area contributed by atoms with Crippen LogP contribution in [0.25, 0.3) is 0 Å². The minimum atomic E-state index is -3.69. The number of benzene rings is 2. The van der Waals surface area contributed by atoms with Crippen LogP contribution in [0, 0.1) is 6.92 Å². The van der Waals surface area contributed by atoms with E-state index in [1.807, 2.05) is 6.92 Å². The van der Waals surface area contributed by atoms with E-state index in [1.165, 1.54) is 37.4 Å². The lowest BCUT2D eigenvalue weighted by molar-refractivity contribution is -0.116. The Hall–Kier alpha value is -2.27. The first kappa shape index (κ1) is 21.0. The molecule has 3 N–H and O–H groups in total. The summed E-state index contributed by atoms with van der Waals surface area (Å²) in [5, 5.41) is 2.55. The number of hydrogen-bond acceptors (Lipinski definition) is 5. The van der Waals surface area contributed by atoms with Crippen LogP contribution < -0.4 is 14.8 Å². The molecule has 0 heterocycles. The Morgan fingerprint density at radius 2 is 1.59 bits per heavy atom. The molecule has 0 unspecified atom stereocenters. The lowest BCUT2D eigenvalue weighted by Gasteiger charge is -2.09. The third kappa shape index (κ3) is 5.86. The van der Waals surface area contributed by atoms with Crippen LogP contribution in [0.5, 0.6) is 0 Å². The molecular formula is C17H21N3O5S2. The molecule has 0 aliphatic carbocycles. The molecule has 0 aromatic heterocycles. The summed E-state index contributed by atoms with van der Waals surface area (Å²) in [6, 6.07) is 12.1. The molecule has 146 valence electrons. The summed E-state index contributed by atoms with van der Waals surface area (Å²) < 4.78 is 52.4. The molecule has 0 bridgehead atoms. The van der Waals surface area contributed by atoms with Crippen LogP contribution in [-0.2, 0) is 24.8 Å². The van der Waals surface area contributed by atoms with Crippen LogP contribution in [0.3, 0.4) is 0 Å². The van der Waals surface area contributed by atoms with E-state index < -0.39 is 26.0 Å². The molecule has 2 aromatic carbocycles. The van der Waals surface area contributed by atoms with Crippen LogP contribution in [0.2, 0.25) is 0 Å². The fourth-order valence-corrected chi connectivity index (χ4v) is 3.99. The zero-order valence-corrected chi connectivity index (χ0v) is 16.5. The van der Waals surface area contributed by atoms with Crippen LogP contribution >= 0.6 is 0 Å². The molecule has 0 saturated carbocycles. The maximum atomic E-state index is 12.2. The zero-order valence-electron chi connectivity index (χ0n) is 14.9. The third-order valence-electron chi connectivity index (χ3n) is 3.67.